The van der Waals surface area contributed by atoms with Gasteiger partial charge in [0.1, 0.15) is 0 Å². The Morgan fingerprint density at radius 2 is 1.86 bits per heavy atom. The molecule has 2 heteroatoms. The molecule has 0 spiro atoms. The molecule has 0 aliphatic rings. The molecule has 0 rings (SSSR count). The van der Waals surface area contributed by atoms with Gasteiger partial charge in [-0.1, -0.05) is 42.4 Å². The van der Waals surface area contributed by atoms with Crippen LogP contribution < -0.4 is 0 Å². The molecule has 0 aliphatic carbocycles. The van der Waals surface area contributed by atoms with E-state index in [1.165, 1.54) is 23.7 Å². The Morgan fingerprint density at radius 1 is 1.29 bits per heavy atom. The second-order valence-corrected chi connectivity index (χ2v) is 2.47. The molecule has 0 aromatic carbocycles. The van der Waals surface area contributed by atoms with E-state index in [2.05, 4.69) is 29.5 Å². The summed E-state index contributed by atoms with van der Waals surface area (Å²) in [6.45, 7) is 2.23. The maximum atomic E-state index is 2.41. The molecule has 0 saturated carbocycles. The Bertz CT molecular complexity index is 20.0. The van der Waals surface area contributed by atoms with Gasteiger partial charge in [-0.15, -0.1) is 0 Å². The smallest absolute Gasteiger partial charge is 0 e. The van der Waals surface area contributed by atoms with E-state index >= 15 is 0 Å². The molecule has 0 N–H and O–H groups in total. The first kappa shape index (κ1) is 11.2. The summed E-state index contributed by atoms with van der Waals surface area (Å²) in [5.74, 6) is 0. The van der Waals surface area contributed by atoms with Crippen LogP contribution in [0.5, 0.6) is 0 Å². The maximum absolute atomic E-state index is 2.41. The van der Waals surface area contributed by atoms with Gasteiger partial charge in [-0.2, -0.15) is 0 Å². The molecule has 0 nitrogen and oxygen atoms in total. The summed E-state index contributed by atoms with van der Waals surface area (Å²) in [5, 5.41) is 0. The Labute approximate surface area is 73.2 Å². The van der Waals surface area contributed by atoms with Crippen LogP contribution in [0.4, 0.5) is 0 Å². The van der Waals surface area contributed by atoms with Gasteiger partial charge in [0.2, 0.25) is 0 Å². The van der Waals surface area contributed by atoms with Crippen LogP contribution in [-0.4, -0.2) is 4.43 Å². The number of hydrogen-bond acceptors (Lipinski definition) is 0. The molecular weight excluding hydrogens is 293 g/mol. The van der Waals surface area contributed by atoms with E-state index in [0.717, 1.165) is 0 Å². The minimum absolute atomic E-state index is 0. The molecule has 0 atom stereocenters. The quantitative estimate of drug-likeness (QED) is 0.325. The van der Waals surface area contributed by atoms with E-state index < -0.39 is 0 Å². The van der Waals surface area contributed by atoms with Crippen LogP contribution in [0.25, 0.3) is 0 Å². The SMILES string of the molecule is CCCCCI.[Pd]. The summed E-state index contributed by atoms with van der Waals surface area (Å²) in [6, 6.07) is 0. The Kier molecular flexibility index (Phi) is 16.7. The van der Waals surface area contributed by atoms with Gasteiger partial charge < -0.3 is 0 Å². The van der Waals surface area contributed by atoms with E-state index in [4.69, 9.17) is 0 Å². The zero-order valence-corrected chi connectivity index (χ0v) is 8.23. The standard InChI is InChI=1S/C5H11I.Pd/c1-2-3-4-5-6;/h2-5H2,1H3;. The van der Waals surface area contributed by atoms with Gasteiger partial charge in [-0.05, 0) is 10.8 Å². The zero-order chi connectivity index (χ0) is 4.83. The van der Waals surface area contributed by atoms with Crippen molar-refractivity contribution in [2.45, 2.75) is 26.2 Å². The molecule has 0 heterocycles. The number of hydrogen-bond donors (Lipinski definition) is 0. The molecule has 0 unspecified atom stereocenters. The van der Waals surface area contributed by atoms with Crippen molar-refractivity contribution in [3.63, 3.8) is 0 Å². The van der Waals surface area contributed by atoms with Crippen LogP contribution in [0.1, 0.15) is 26.2 Å². The average Bonchev–Trinajstić information content (AvgIpc) is 1.61. The second kappa shape index (κ2) is 10.4. The van der Waals surface area contributed by atoms with Gasteiger partial charge in [0.15, 0.2) is 0 Å². The number of rotatable bonds is 3. The Hall–Kier alpha value is 1.39. The molecule has 0 aliphatic heterocycles. The number of unbranched alkanes of at least 4 members (excludes halogenated alkanes) is 2. The maximum Gasteiger partial charge on any atom is 0 e. The molecule has 48 valence electrons. The summed E-state index contributed by atoms with van der Waals surface area (Å²) in [4.78, 5) is 0. The fourth-order valence-corrected chi connectivity index (χ4v) is 0.884. The van der Waals surface area contributed by atoms with Crippen LogP contribution in [0, 0.1) is 0 Å². The minimum atomic E-state index is 0. The monoisotopic (exact) mass is 304 g/mol. The van der Waals surface area contributed by atoms with Crippen molar-refractivity contribution in [3.05, 3.63) is 0 Å². The average molecular weight is 304 g/mol. The molecule has 0 aromatic heterocycles. The van der Waals surface area contributed by atoms with Crippen LogP contribution >= 0.6 is 22.6 Å². The van der Waals surface area contributed by atoms with Crippen molar-refractivity contribution in [1.29, 1.82) is 0 Å². The molecular formula is C5H11IPd. The third kappa shape index (κ3) is 11.1. The molecule has 7 heavy (non-hydrogen) atoms. The summed E-state index contributed by atoms with van der Waals surface area (Å²) in [6.07, 6.45) is 4.16. The predicted molar refractivity (Wildman–Crippen MR) is 38.4 cm³/mol. The van der Waals surface area contributed by atoms with E-state index in [-0.39, 0.29) is 20.4 Å². The first-order valence-electron chi connectivity index (χ1n) is 2.47. The first-order chi connectivity index (χ1) is 2.91. The van der Waals surface area contributed by atoms with E-state index in [9.17, 15) is 0 Å². The summed E-state index contributed by atoms with van der Waals surface area (Å²) < 4.78 is 1.32. The second-order valence-electron chi connectivity index (χ2n) is 1.40. The van der Waals surface area contributed by atoms with Gasteiger partial charge in [-0.3, -0.25) is 0 Å². The Morgan fingerprint density at radius 3 is 2.00 bits per heavy atom. The van der Waals surface area contributed by atoms with Crippen molar-refractivity contribution in [2.75, 3.05) is 4.43 Å². The topological polar surface area (TPSA) is 0 Å². The van der Waals surface area contributed by atoms with Crippen molar-refractivity contribution in [1.82, 2.24) is 0 Å². The van der Waals surface area contributed by atoms with E-state index in [1.807, 2.05) is 0 Å². The van der Waals surface area contributed by atoms with Crippen molar-refractivity contribution in [3.8, 4) is 0 Å². The van der Waals surface area contributed by atoms with Crippen LogP contribution in [0.15, 0.2) is 0 Å². The first-order valence-corrected chi connectivity index (χ1v) is 4.00. The fraction of sp³-hybridized carbons (Fsp3) is 1.00. The third-order valence-corrected chi connectivity index (χ3v) is 1.50. The summed E-state index contributed by atoms with van der Waals surface area (Å²) in [7, 11) is 0. The molecule has 0 fully saturated rings. The molecule has 0 saturated heterocycles. The molecule has 0 radical (unpaired) electrons. The van der Waals surface area contributed by atoms with Crippen LogP contribution in [-0.2, 0) is 20.4 Å². The Balaban J connectivity index is 0. The third-order valence-electron chi connectivity index (χ3n) is 0.737. The normalized spacial score (nSPS) is 7.71. The van der Waals surface area contributed by atoms with Crippen LogP contribution in [0.3, 0.4) is 0 Å². The van der Waals surface area contributed by atoms with Gasteiger partial charge in [0.05, 0.1) is 0 Å². The van der Waals surface area contributed by atoms with Gasteiger partial charge >= 0.3 is 0 Å². The number of halogens is 1. The summed E-state index contributed by atoms with van der Waals surface area (Å²) in [5.41, 5.74) is 0. The predicted octanol–water partition coefficient (Wildman–Crippen LogP) is 2.61. The fourth-order valence-electron chi connectivity index (χ4n) is 0.344. The van der Waals surface area contributed by atoms with Gasteiger partial charge in [0.25, 0.3) is 0 Å². The largest absolute Gasteiger partial charge is 0.0864 e. The van der Waals surface area contributed by atoms with Crippen molar-refractivity contribution in [2.24, 2.45) is 0 Å². The van der Waals surface area contributed by atoms with Gasteiger partial charge in [-0.25, -0.2) is 0 Å². The van der Waals surface area contributed by atoms with Crippen molar-refractivity contribution >= 4 is 22.6 Å². The van der Waals surface area contributed by atoms with Crippen molar-refractivity contribution < 1.29 is 20.4 Å². The van der Waals surface area contributed by atoms with Crippen LogP contribution in [0.2, 0.25) is 0 Å². The number of alkyl halides is 1. The van der Waals surface area contributed by atoms with Gasteiger partial charge in [0, 0.05) is 20.4 Å². The van der Waals surface area contributed by atoms with E-state index in [1.54, 1.807) is 0 Å². The van der Waals surface area contributed by atoms with E-state index in [0.29, 0.717) is 0 Å². The molecule has 0 bridgehead atoms. The minimum Gasteiger partial charge on any atom is -0.0864 e. The zero-order valence-electron chi connectivity index (χ0n) is 4.52. The molecule has 0 aromatic rings. The summed E-state index contributed by atoms with van der Waals surface area (Å²) >= 11 is 2.41. The molecule has 0 amide bonds.